The van der Waals surface area contributed by atoms with Crippen LogP contribution in [-0.2, 0) is 10.3 Å². The normalized spacial score (nSPS) is 21.2. The second-order valence-electron chi connectivity index (χ2n) is 6.53. The van der Waals surface area contributed by atoms with Crippen LogP contribution in [0.25, 0.3) is 0 Å². The minimum absolute atomic E-state index is 0.0921. The fourth-order valence-corrected chi connectivity index (χ4v) is 3.66. The van der Waals surface area contributed by atoms with Gasteiger partial charge in [0, 0.05) is 23.9 Å². The SMILES string of the molecule is C=CC[C@@]1(c2ccc(F)cc2)CCN([C@@H](C)c2ccc(Br)cc2)C(=O)O1. The number of carbonyl (C=O) groups excluding carboxylic acids is 1. The van der Waals surface area contributed by atoms with Gasteiger partial charge in [-0.2, -0.15) is 0 Å². The molecule has 3 nitrogen and oxygen atoms in total. The second-order valence-corrected chi connectivity index (χ2v) is 7.45. The molecule has 0 unspecified atom stereocenters. The van der Waals surface area contributed by atoms with Crippen LogP contribution >= 0.6 is 15.9 Å². The topological polar surface area (TPSA) is 29.5 Å². The lowest BCUT2D eigenvalue weighted by atomic mass is 9.85. The van der Waals surface area contributed by atoms with Gasteiger partial charge >= 0.3 is 6.09 Å². The molecule has 0 N–H and O–H groups in total. The maximum absolute atomic E-state index is 13.3. The van der Waals surface area contributed by atoms with E-state index in [-0.39, 0.29) is 18.0 Å². The Kier molecular flexibility index (Phi) is 5.47. The Hall–Kier alpha value is -2.14. The number of cyclic esters (lactones) is 1. The van der Waals surface area contributed by atoms with Gasteiger partial charge < -0.3 is 9.64 Å². The molecule has 5 heteroatoms. The summed E-state index contributed by atoms with van der Waals surface area (Å²) < 4.78 is 20.2. The molecule has 1 aliphatic heterocycles. The molecule has 0 radical (unpaired) electrons. The zero-order valence-electron chi connectivity index (χ0n) is 14.6. The molecule has 0 bridgehead atoms. The van der Waals surface area contributed by atoms with Gasteiger partial charge in [0.2, 0.25) is 0 Å². The Morgan fingerprint density at radius 3 is 2.50 bits per heavy atom. The molecular formula is C21H21BrFNO2. The summed E-state index contributed by atoms with van der Waals surface area (Å²) in [5, 5.41) is 0. The van der Waals surface area contributed by atoms with Gasteiger partial charge in [-0.25, -0.2) is 9.18 Å². The van der Waals surface area contributed by atoms with Crippen LogP contribution in [0.4, 0.5) is 9.18 Å². The summed E-state index contributed by atoms with van der Waals surface area (Å²) in [5.41, 5.74) is 1.05. The van der Waals surface area contributed by atoms with Crippen molar-refractivity contribution >= 4 is 22.0 Å². The molecule has 1 aliphatic rings. The lowest BCUT2D eigenvalue weighted by molar-refractivity contribution is -0.0588. The molecule has 0 aliphatic carbocycles. The van der Waals surface area contributed by atoms with Gasteiger partial charge in [0.15, 0.2) is 0 Å². The number of nitrogens with zero attached hydrogens (tertiary/aromatic N) is 1. The molecule has 1 heterocycles. The fourth-order valence-electron chi connectivity index (χ4n) is 3.39. The van der Waals surface area contributed by atoms with Crippen LogP contribution in [0, 0.1) is 5.82 Å². The van der Waals surface area contributed by atoms with Crippen LogP contribution in [0.15, 0.2) is 65.7 Å². The van der Waals surface area contributed by atoms with Gasteiger partial charge in [0.25, 0.3) is 0 Å². The lowest BCUT2D eigenvalue weighted by Gasteiger charge is -2.43. The van der Waals surface area contributed by atoms with Crippen molar-refractivity contribution in [2.45, 2.75) is 31.4 Å². The van der Waals surface area contributed by atoms with E-state index in [0.717, 1.165) is 15.6 Å². The van der Waals surface area contributed by atoms with Gasteiger partial charge in [0.1, 0.15) is 11.4 Å². The summed E-state index contributed by atoms with van der Waals surface area (Å²) in [6.45, 7) is 6.34. The quantitative estimate of drug-likeness (QED) is 0.561. The number of carbonyl (C=O) groups is 1. The van der Waals surface area contributed by atoms with Crippen molar-refractivity contribution in [2.24, 2.45) is 0 Å². The average molecular weight is 418 g/mol. The Bertz CT molecular complexity index is 791. The largest absolute Gasteiger partial charge is 0.437 e. The number of hydrogen-bond acceptors (Lipinski definition) is 2. The highest BCUT2D eigenvalue weighted by Gasteiger charge is 2.42. The molecule has 0 spiro atoms. The Morgan fingerprint density at radius 2 is 1.92 bits per heavy atom. The van der Waals surface area contributed by atoms with E-state index >= 15 is 0 Å². The van der Waals surface area contributed by atoms with Crippen LogP contribution < -0.4 is 0 Å². The van der Waals surface area contributed by atoms with E-state index in [1.165, 1.54) is 12.1 Å². The van der Waals surface area contributed by atoms with Crippen LogP contribution in [0.5, 0.6) is 0 Å². The van der Waals surface area contributed by atoms with Gasteiger partial charge in [-0.1, -0.05) is 46.3 Å². The highest BCUT2D eigenvalue weighted by Crippen LogP contribution is 2.39. The lowest BCUT2D eigenvalue weighted by Crippen LogP contribution is -2.48. The molecule has 2 aromatic carbocycles. The van der Waals surface area contributed by atoms with E-state index in [1.807, 2.05) is 31.2 Å². The summed E-state index contributed by atoms with van der Waals surface area (Å²) in [4.78, 5) is 14.5. The Morgan fingerprint density at radius 1 is 1.27 bits per heavy atom. The highest BCUT2D eigenvalue weighted by atomic mass is 79.9. The number of rotatable bonds is 5. The zero-order chi connectivity index (χ0) is 18.7. The molecule has 3 rings (SSSR count). The van der Waals surface area contributed by atoms with E-state index in [9.17, 15) is 9.18 Å². The van der Waals surface area contributed by atoms with Gasteiger partial charge in [-0.3, -0.25) is 0 Å². The zero-order valence-corrected chi connectivity index (χ0v) is 16.2. The molecule has 0 saturated carbocycles. The monoisotopic (exact) mass is 417 g/mol. The highest BCUT2D eigenvalue weighted by molar-refractivity contribution is 9.10. The molecule has 136 valence electrons. The molecule has 1 fully saturated rings. The predicted molar refractivity (Wildman–Crippen MR) is 103 cm³/mol. The van der Waals surface area contributed by atoms with Crippen molar-refractivity contribution in [2.75, 3.05) is 6.54 Å². The maximum atomic E-state index is 13.3. The summed E-state index contributed by atoms with van der Waals surface area (Å²) in [7, 11) is 0. The molecule has 1 amide bonds. The number of amides is 1. The van der Waals surface area contributed by atoms with Crippen LogP contribution in [-0.4, -0.2) is 17.5 Å². The first-order chi connectivity index (χ1) is 12.4. The van der Waals surface area contributed by atoms with Crippen LogP contribution in [0.2, 0.25) is 0 Å². The third-order valence-electron chi connectivity index (χ3n) is 4.94. The second kappa shape index (κ2) is 7.62. The Labute approximate surface area is 161 Å². The average Bonchev–Trinajstić information content (AvgIpc) is 2.63. The molecule has 2 aromatic rings. The van der Waals surface area contributed by atoms with E-state index < -0.39 is 5.60 Å². The third kappa shape index (κ3) is 3.68. The predicted octanol–water partition coefficient (Wildman–Crippen LogP) is 5.96. The van der Waals surface area contributed by atoms with Crippen molar-refractivity contribution in [1.29, 1.82) is 0 Å². The van der Waals surface area contributed by atoms with E-state index in [0.29, 0.717) is 19.4 Å². The number of ether oxygens (including phenoxy) is 1. The van der Waals surface area contributed by atoms with Crippen LogP contribution in [0.3, 0.4) is 0 Å². The first-order valence-corrected chi connectivity index (χ1v) is 9.36. The van der Waals surface area contributed by atoms with Crippen molar-refractivity contribution in [3.8, 4) is 0 Å². The first-order valence-electron chi connectivity index (χ1n) is 8.57. The van der Waals surface area contributed by atoms with Crippen molar-refractivity contribution in [1.82, 2.24) is 4.90 Å². The number of halogens is 2. The third-order valence-corrected chi connectivity index (χ3v) is 5.47. The van der Waals surface area contributed by atoms with Crippen molar-refractivity contribution < 1.29 is 13.9 Å². The summed E-state index contributed by atoms with van der Waals surface area (Å²) in [6.07, 6.45) is 2.49. The van der Waals surface area contributed by atoms with Crippen LogP contribution in [0.1, 0.15) is 36.9 Å². The minimum Gasteiger partial charge on any atom is -0.437 e. The minimum atomic E-state index is -0.789. The van der Waals surface area contributed by atoms with Gasteiger partial charge in [-0.15, -0.1) is 6.58 Å². The van der Waals surface area contributed by atoms with Gasteiger partial charge in [0.05, 0.1) is 6.04 Å². The number of benzene rings is 2. The summed E-state index contributed by atoms with van der Waals surface area (Å²) in [5.74, 6) is -0.310. The smallest absolute Gasteiger partial charge is 0.411 e. The molecule has 2 atom stereocenters. The van der Waals surface area contributed by atoms with E-state index in [2.05, 4.69) is 22.5 Å². The summed E-state index contributed by atoms with van der Waals surface area (Å²) >= 11 is 3.42. The molecule has 1 saturated heterocycles. The number of hydrogen-bond donors (Lipinski definition) is 0. The van der Waals surface area contributed by atoms with Crippen molar-refractivity contribution in [3.63, 3.8) is 0 Å². The fraction of sp³-hybridized carbons (Fsp3) is 0.286. The van der Waals surface area contributed by atoms with Crippen molar-refractivity contribution in [3.05, 3.63) is 82.6 Å². The van der Waals surface area contributed by atoms with Gasteiger partial charge in [-0.05, 0) is 42.3 Å². The first kappa shape index (κ1) is 18.6. The maximum Gasteiger partial charge on any atom is 0.411 e. The Balaban J connectivity index is 1.83. The standard InChI is InChI=1S/C21H21BrFNO2/c1-3-12-21(17-6-10-19(23)11-7-17)13-14-24(20(25)26-21)15(2)16-4-8-18(22)9-5-16/h3-11,15H,1,12-14H2,2H3/t15-,21-/m0/s1. The van der Waals surface area contributed by atoms with E-state index in [4.69, 9.17) is 4.74 Å². The van der Waals surface area contributed by atoms with E-state index in [1.54, 1.807) is 23.1 Å². The molecule has 26 heavy (non-hydrogen) atoms. The molecular weight excluding hydrogens is 397 g/mol. The summed E-state index contributed by atoms with van der Waals surface area (Å²) in [6, 6.07) is 14.0. The molecule has 0 aromatic heterocycles.